The molecule has 0 saturated heterocycles. The zero-order valence-electron chi connectivity index (χ0n) is 16.5. The van der Waals surface area contributed by atoms with Crippen molar-refractivity contribution < 1.29 is 9.53 Å². The van der Waals surface area contributed by atoms with Gasteiger partial charge in [-0.1, -0.05) is 29.5 Å². The van der Waals surface area contributed by atoms with Crippen LogP contribution in [0.4, 0.5) is 5.69 Å². The Morgan fingerprint density at radius 2 is 2.10 bits per heavy atom. The number of ether oxygens (including phenoxy) is 1. The van der Waals surface area contributed by atoms with Crippen molar-refractivity contribution in [1.29, 1.82) is 0 Å². The molecule has 1 fully saturated rings. The molecule has 1 amide bonds. The molecule has 0 bridgehead atoms. The molecule has 1 unspecified atom stereocenters. The fourth-order valence-electron chi connectivity index (χ4n) is 3.96. The third kappa shape index (κ3) is 4.36. The number of hydrogen-bond donors (Lipinski definition) is 1. The molecule has 1 saturated carbocycles. The zero-order chi connectivity index (χ0) is 20.4. The molecule has 0 radical (unpaired) electrons. The van der Waals surface area contributed by atoms with Gasteiger partial charge < -0.3 is 10.1 Å². The second kappa shape index (κ2) is 8.64. The highest BCUT2D eigenvalue weighted by atomic mass is 127. The molecule has 29 heavy (non-hydrogen) atoms. The van der Waals surface area contributed by atoms with Gasteiger partial charge in [-0.05, 0) is 49.8 Å². The summed E-state index contributed by atoms with van der Waals surface area (Å²) in [5.41, 5.74) is 1.72. The highest BCUT2D eigenvalue weighted by Gasteiger charge is 2.25. The van der Waals surface area contributed by atoms with Crippen molar-refractivity contribution in [3.63, 3.8) is 0 Å². The van der Waals surface area contributed by atoms with Gasteiger partial charge in [-0.15, -0.1) is 5.10 Å². The van der Waals surface area contributed by atoms with E-state index in [0.717, 1.165) is 33.6 Å². The number of halogens is 1. The van der Waals surface area contributed by atoms with Crippen LogP contribution in [0.25, 0.3) is 10.9 Å². The van der Waals surface area contributed by atoms with Crippen molar-refractivity contribution in [3.8, 4) is 5.75 Å². The summed E-state index contributed by atoms with van der Waals surface area (Å²) in [5, 5.41) is 16.3. The van der Waals surface area contributed by atoms with Gasteiger partial charge in [0.15, 0.2) is 5.69 Å². The number of carbonyl (C=O) groups excluding carboxylic acids is 1. The molecule has 152 valence electrons. The fraction of sp³-hybridized carbons (Fsp3) is 0.429. The summed E-state index contributed by atoms with van der Waals surface area (Å²) < 4.78 is 8.29. The average molecular weight is 505 g/mol. The van der Waals surface area contributed by atoms with Crippen LogP contribution in [-0.2, 0) is 0 Å². The van der Waals surface area contributed by atoms with Gasteiger partial charge in [0.1, 0.15) is 5.75 Å². The Bertz CT molecular complexity index is 997. The van der Waals surface area contributed by atoms with Gasteiger partial charge in [0.25, 0.3) is 5.91 Å². The number of aromatic nitrogens is 4. The van der Waals surface area contributed by atoms with Gasteiger partial charge in [0, 0.05) is 27.8 Å². The van der Waals surface area contributed by atoms with E-state index in [-0.39, 0.29) is 11.6 Å². The lowest BCUT2D eigenvalue weighted by Gasteiger charge is -2.30. The Balaban J connectivity index is 1.57. The van der Waals surface area contributed by atoms with Crippen molar-refractivity contribution in [2.75, 3.05) is 12.4 Å². The van der Waals surface area contributed by atoms with Gasteiger partial charge in [-0.2, -0.15) is 10.2 Å². The van der Waals surface area contributed by atoms with Crippen LogP contribution in [0.1, 0.15) is 49.1 Å². The quantitative estimate of drug-likeness (QED) is 0.404. The number of fused-ring (bicyclic) bond motifs is 1. The van der Waals surface area contributed by atoms with E-state index in [2.05, 4.69) is 55.9 Å². The minimum atomic E-state index is -0.325. The number of alkyl halides is 1. The Labute approximate surface area is 183 Å². The average Bonchev–Trinajstić information content (AvgIpc) is 3.16. The van der Waals surface area contributed by atoms with Crippen molar-refractivity contribution in [2.24, 2.45) is 5.92 Å². The summed E-state index contributed by atoms with van der Waals surface area (Å²) >= 11 is 2.54. The first-order chi connectivity index (χ1) is 14.0. The smallest absolute Gasteiger partial charge is 0.276 e. The van der Waals surface area contributed by atoms with E-state index >= 15 is 0 Å². The van der Waals surface area contributed by atoms with Crippen molar-refractivity contribution >= 4 is 45.1 Å². The molecular formula is C21H24IN5O2. The molecule has 8 heteroatoms. The van der Waals surface area contributed by atoms with E-state index in [0.29, 0.717) is 17.5 Å². The van der Waals surface area contributed by atoms with Crippen LogP contribution < -0.4 is 10.1 Å². The van der Waals surface area contributed by atoms with E-state index in [9.17, 15) is 4.79 Å². The maximum absolute atomic E-state index is 12.5. The van der Waals surface area contributed by atoms with Crippen LogP contribution >= 0.6 is 22.6 Å². The molecule has 0 aliphatic heterocycles. The van der Waals surface area contributed by atoms with Gasteiger partial charge in [0.2, 0.25) is 0 Å². The van der Waals surface area contributed by atoms with Crippen molar-refractivity contribution in [1.82, 2.24) is 20.0 Å². The number of rotatable bonds is 5. The molecule has 1 aliphatic carbocycles. The maximum Gasteiger partial charge on any atom is 0.276 e. The van der Waals surface area contributed by atoms with Crippen LogP contribution in [0.3, 0.4) is 0 Å². The standard InChI is InChI=1S/C21H24IN5O2/c1-13(22)14-5-7-16(8-6-14)27-12-15-10-19(20(29-2)11-18(15)26-27)24-21(28)17-4-3-9-23-25-17/h3-4,9-14,16H,5-8H2,1-2H3,(H,24,28). The first kappa shape index (κ1) is 20.1. The Morgan fingerprint density at radius 1 is 1.31 bits per heavy atom. The van der Waals surface area contributed by atoms with Crippen molar-refractivity contribution in [2.45, 2.75) is 42.6 Å². The van der Waals surface area contributed by atoms with Gasteiger partial charge in [-0.3, -0.25) is 9.48 Å². The molecule has 0 spiro atoms. The lowest BCUT2D eigenvalue weighted by atomic mass is 9.84. The number of benzene rings is 1. The van der Waals surface area contributed by atoms with E-state index in [1.54, 1.807) is 19.2 Å². The molecular weight excluding hydrogens is 481 g/mol. The molecule has 1 aromatic carbocycles. The summed E-state index contributed by atoms with van der Waals surface area (Å²) in [4.78, 5) is 12.5. The highest BCUT2D eigenvalue weighted by Crippen LogP contribution is 2.37. The van der Waals surface area contributed by atoms with Crippen LogP contribution in [-0.4, -0.2) is 36.9 Å². The number of anilines is 1. The minimum absolute atomic E-state index is 0.256. The van der Waals surface area contributed by atoms with E-state index in [1.807, 2.05) is 12.1 Å². The normalized spacial score (nSPS) is 20.4. The SMILES string of the molecule is COc1cc2nn(C3CCC(C(C)I)CC3)cc2cc1NC(=O)c1cccnn1. The van der Waals surface area contributed by atoms with E-state index in [4.69, 9.17) is 9.84 Å². The van der Waals surface area contributed by atoms with E-state index in [1.165, 1.54) is 19.0 Å². The molecule has 3 aromatic rings. The van der Waals surface area contributed by atoms with Gasteiger partial charge in [0.05, 0.1) is 24.4 Å². The summed E-state index contributed by atoms with van der Waals surface area (Å²) in [5.74, 6) is 1.05. The van der Waals surface area contributed by atoms with E-state index < -0.39 is 0 Å². The van der Waals surface area contributed by atoms with Crippen LogP contribution in [0.2, 0.25) is 0 Å². The number of nitrogens with zero attached hydrogens (tertiary/aromatic N) is 4. The fourth-order valence-corrected chi connectivity index (χ4v) is 4.68. The van der Waals surface area contributed by atoms with Gasteiger partial charge in [-0.25, -0.2) is 0 Å². The molecule has 1 atom stereocenters. The first-order valence-corrected chi connectivity index (χ1v) is 11.1. The largest absolute Gasteiger partial charge is 0.494 e. The predicted octanol–water partition coefficient (Wildman–Crippen LogP) is 4.64. The van der Waals surface area contributed by atoms with Crippen LogP contribution in [0, 0.1) is 5.92 Å². The van der Waals surface area contributed by atoms with Crippen LogP contribution in [0.15, 0.2) is 36.7 Å². The highest BCUT2D eigenvalue weighted by molar-refractivity contribution is 14.1. The minimum Gasteiger partial charge on any atom is -0.494 e. The number of carbonyl (C=O) groups is 1. The summed E-state index contributed by atoms with van der Waals surface area (Å²) in [6.45, 7) is 2.30. The maximum atomic E-state index is 12.5. The monoisotopic (exact) mass is 505 g/mol. The predicted molar refractivity (Wildman–Crippen MR) is 121 cm³/mol. The van der Waals surface area contributed by atoms with Crippen molar-refractivity contribution in [3.05, 3.63) is 42.4 Å². The summed E-state index contributed by atoms with van der Waals surface area (Å²) in [7, 11) is 1.59. The summed E-state index contributed by atoms with van der Waals surface area (Å²) in [6, 6.07) is 7.51. The zero-order valence-corrected chi connectivity index (χ0v) is 18.7. The summed E-state index contributed by atoms with van der Waals surface area (Å²) in [6.07, 6.45) is 8.40. The molecule has 4 rings (SSSR count). The number of nitrogens with one attached hydrogen (secondary N) is 1. The molecule has 7 nitrogen and oxygen atoms in total. The second-order valence-corrected chi connectivity index (χ2v) is 9.49. The molecule has 2 heterocycles. The molecule has 1 aliphatic rings. The van der Waals surface area contributed by atoms with Gasteiger partial charge >= 0.3 is 0 Å². The van der Waals surface area contributed by atoms with Crippen LogP contribution in [0.5, 0.6) is 5.75 Å². The second-order valence-electron chi connectivity index (χ2n) is 7.53. The first-order valence-electron chi connectivity index (χ1n) is 9.85. The lowest BCUT2D eigenvalue weighted by molar-refractivity contribution is 0.102. The third-order valence-electron chi connectivity index (χ3n) is 5.66. The number of amides is 1. The Kier molecular flexibility index (Phi) is 5.98. The lowest BCUT2D eigenvalue weighted by Crippen LogP contribution is -2.22. The molecule has 1 N–H and O–H groups in total. The number of hydrogen-bond acceptors (Lipinski definition) is 5. The Morgan fingerprint density at radius 3 is 2.76 bits per heavy atom. The molecule has 2 aromatic heterocycles. The third-order valence-corrected chi connectivity index (χ3v) is 6.68. The Hall–Kier alpha value is -2.23. The topological polar surface area (TPSA) is 81.9 Å². The number of methoxy groups -OCH3 is 1.